The molecule has 0 bridgehead atoms. The number of hydrogen-bond donors (Lipinski definition) is 1. The summed E-state index contributed by atoms with van der Waals surface area (Å²) in [6.07, 6.45) is 0. The molecule has 1 amide bonds. The van der Waals surface area contributed by atoms with Gasteiger partial charge in [0.15, 0.2) is 0 Å². The van der Waals surface area contributed by atoms with Crippen LogP contribution in [0, 0.1) is 0 Å². The number of hydrogen-bond acceptors (Lipinski definition) is 3. The van der Waals surface area contributed by atoms with E-state index in [4.69, 9.17) is 4.74 Å². The van der Waals surface area contributed by atoms with E-state index in [1.54, 1.807) is 30.3 Å². The molecule has 0 aliphatic carbocycles. The van der Waals surface area contributed by atoms with Gasteiger partial charge in [0.1, 0.15) is 5.75 Å². The lowest BCUT2D eigenvalue weighted by Gasteiger charge is -2.09. The van der Waals surface area contributed by atoms with Gasteiger partial charge in [0, 0.05) is 15.1 Å². The zero-order chi connectivity index (χ0) is 16.1. The van der Waals surface area contributed by atoms with E-state index < -0.39 is 5.76 Å². The molecular formula is C15H12BrF2NO2S. The van der Waals surface area contributed by atoms with E-state index >= 15 is 0 Å². The maximum Gasteiger partial charge on any atom is 0.288 e. The van der Waals surface area contributed by atoms with Crippen LogP contribution in [0.1, 0.15) is 10.4 Å². The number of anilines is 1. The summed E-state index contributed by atoms with van der Waals surface area (Å²) in [7, 11) is 1.52. The number of alkyl halides is 2. The topological polar surface area (TPSA) is 38.3 Å². The molecule has 1 N–H and O–H groups in total. The lowest BCUT2D eigenvalue weighted by atomic mass is 10.2. The number of rotatable bonds is 5. The SMILES string of the molecule is COc1ccc(Br)c(C(=O)Nc2ccc(SC(F)F)cc2)c1. The number of halogens is 3. The van der Waals surface area contributed by atoms with Crippen LogP contribution in [-0.2, 0) is 0 Å². The van der Waals surface area contributed by atoms with Gasteiger partial charge in [-0.2, -0.15) is 8.78 Å². The number of amides is 1. The lowest BCUT2D eigenvalue weighted by Crippen LogP contribution is -2.12. The molecule has 0 atom stereocenters. The fourth-order valence-electron chi connectivity index (χ4n) is 1.72. The van der Waals surface area contributed by atoms with Gasteiger partial charge >= 0.3 is 0 Å². The van der Waals surface area contributed by atoms with Crippen molar-refractivity contribution in [3.8, 4) is 5.75 Å². The highest BCUT2D eigenvalue weighted by molar-refractivity contribution is 9.10. The highest BCUT2D eigenvalue weighted by Crippen LogP contribution is 2.27. The van der Waals surface area contributed by atoms with Crippen molar-refractivity contribution in [1.29, 1.82) is 0 Å². The van der Waals surface area contributed by atoms with E-state index in [1.807, 2.05) is 0 Å². The number of carbonyl (C=O) groups excluding carboxylic acids is 1. The van der Waals surface area contributed by atoms with Gasteiger partial charge in [0.05, 0.1) is 12.7 Å². The van der Waals surface area contributed by atoms with Crippen molar-refractivity contribution in [2.45, 2.75) is 10.7 Å². The van der Waals surface area contributed by atoms with Crippen LogP contribution in [0.2, 0.25) is 0 Å². The van der Waals surface area contributed by atoms with Crippen molar-refractivity contribution in [2.24, 2.45) is 0 Å². The average molecular weight is 388 g/mol. The predicted octanol–water partition coefficient (Wildman–Crippen LogP) is 5.02. The fourth-order valence-corrected chi connectivity index (χ4v) is 2.65. The molecule has 22 heavy (non-hydrogen) atoms. The normalized spacial score (nSPS) is 10.6. The first-order chi connectivity index (χ1) is 10.5. The summed E-state index contributed by atoms with van der Waals surface area (Å²) >= 11 is 3.77. The maximum atomic E-state index is 12.2. The van der Waals surface area contributed by atoms with E-state index in [1.165, 1.54) is 19.2 Å². The van der Waals surface area contributed by atoms with Gasteiger partial charge in [-0.1, -0.05) is 11.8 Å². The summed E-state index contributed by atoms with van der Waals surface area (Å²) in [6, 6.07) is 11.3. The number of methoxy groups -OCH3 is 1. The van der Waals surface area contributed by atoms with Crippen molar-refractivity contribution >= 4 is 39.3 Å². The van der Waals surface area contributed by atoms with Crippen LogP contribution in [0.15, 0.2) is 51.8 Å². The average Bonchev–Trinajstić information content (AvgIpc) is 2.49. The van der Waals surface area contributed by atoms with Gasteiger partial charge < -0.3 is 10.1 Å². The Labute approximate surface area is 139 Å². The largest absolute Gasteiger partial charge is 0.497 e. The third kappa shape index (κ3) is 4.45. The predicted molar refractivity (Wildman–Crippen MR) is 87.0 cm³/mol. The van der Waals surface area contributed by atoms with Crippen molar-refractivity contribution in [1.82, 2.24) is 0 Å². The molecule has 0 spiro atoms. The Kier molecular flexibility index (Phi) is 5.79. The second kappa shape index (κ2) is 7.60. The van der Waals surface area contributed by atoms with Crippen LogP contribution in [0.4, 0.5) is 14.5 Å². The standard InChI is InChI=1S/C15H12BrF2NO2S/c1-21-10-4-7-13(16)12(8-10)14(20)19-9-2-5-11(6-3-9)22-15(17)18/h2-8,15H,1H3,(H,19,20). The summed E-state index contributed by atoms with van der Waals surface area (Å²) in [5, 5.41) is 2.71. The van der Waals surface area contributed by atoms with Crippen LogP contribution < -0.4 is 10.1 Å². The number of ether oxygens (including phenoxy) is 1. The molecule has 0 aliphatic heterocycles. The first kappa shape index (κ1) is 16.8. The zero-order valence-corrected chi connectivity index (χ0v) is 13.9. The summed E-state index contributed by atoms with van der Waals surface area (Å²) in [5.41, 5.74) is 0.948. The highest BCUT2D eigenvalue weighted by Gasteiger charge is 2.12. The molecule has 0 saturated heterocycles. The summed E-state index contributed by atoms with van der Waals surface area (Å²) in [6.45, 7) is 0. The first-order valence-electron chi connectivity index (χ1n) is 6.19. The summed E-state index contributed by atoms with van der Waals surface area (Å²) < 4.78 is 30.2. The Hall–Kier alpha value is -1.60. The number of nitrogens with one attached hydrogen (secondary N) is 1. The van der Waals surface area contributed by atoms with E-state index in [-0.39, 0.29) is 5.91 Å². The molecule has 3 nitrogen and oxygen atoms in total. The molecule has 0 aromatic heterocycles. The van der Waals surface area contributed by atoms with E-state index in [0.717, 1.165) is 0 Å². The second-order valence-electron chi connectivity index (χ2n) is 4.20. The Bertz CT molecular complexity index is 665. The third-order valence-corrected chi connectivity index (χ3v) is 4.17. The third-order valence-electron chi connectivity index (χ3n) is 2.76. The van der Waals surface area contributed by atoms with Crippen LogP contribution in [0.3, 0.4) is 0 Å². The Morgan fingerprint density at radius 2 is 1.91 bits per heavy atom. The van der Waals surface area contributed by atoms with Crippen LogP contribution in [-0.4, -0.2) is 18.8 Å². The van der Waals surface area contributed by atoms with E-state index in [2.05, 4.69) is 21.2 Å². The van der Waals surface area contributed by atoms with Crippen LogP contribution in [0.5, 0.6) is 5.75 Å². The molecule has 0 saturated carbocycles. The Morgan fingerprint density at radius 3 is 2.50 bits per heavy atom. The van der Waals surface area contributed by atoms with Gasteiger partial charge in [-0.15, -0.1) is 0 Å². The number of carbonyl (C=O) groups is 1. The molecule has 0 heterocycles. The van der Waals surface area contributed by atoms with Crippen molar-refractivity contribution in [3.05, 3.63) is 52.5 Å². The van der Waals surface area contributed by atoms with Crippen molar-refractivity contribution in [3.63, 3.8) is 0 Å². The van der Waals surface area contributed by atoms with Gasteiger partial charge in [-0.3, -0.25) is 4.79 Å². The molecule has 0 fully saturated rings. The zero-order valence-electron chi connectivity index (χ0n) is 11.5. The number of thioether (sulfide) groups is 1. The fraction of sp³-hybridized carbons (Fsp3) is 0.133. The first-order valence-corrected chi connectivity index (χ1v) is 7.86. The minimum atomic E-state index is -2.46. The number of benzene rings is 2. The minimum absolute atomic E-state index is 0.319. The molecule has 2 aromatic carbocycles. The van der Waals surface area contributed by atoms with Gasteiger partial charge in [-0.05, 0) is 58.4 Å². The second-order valence-corrected chi connectivity index (χ2v) is 6.12. The van der Waals surface area contributed by atoms with E-state index in [0.29, 0.717) is 38.1 Å². The molecule has 2 aromatic rings. The summed E-state index contributed by atoms with van der Waals surface area (Å²) in [4.78, 5) is 12.7. The minimum Gasteiger partial charge on any atom is -0.497 e. The molecule has 0 radical (unpaired) electrons. The molecule has 116 valence electrons. The van der Waals surface area contributed by atoms with Crippen LogP contribution in [0.25, 0.3) is 0 Å². The van der Waals surface area contributed by atoms with Gasteiger partial charge in [0.2, 0.25) is 0 Å². The molecule has 2 rings (SSSR count). The molecule has 7 heteroatoms. The quantitative estimate of drug-likeness (QED) is 0.731. The van der Waals surface area contributed by atoms with Gasteiger partial charge in [-0.25, -0.2) is 0 Å². The molecule has 0 aliphatic rings. The van der Waals surface area contributed by atoms with E-state index in [9.17, 15) is 13.6 Å². The Morgan fingerprint density at radius 1 is 1.23 bits per heavy atom. The van der Waals surface area contributed by atoms with Crippen molar-refractivity contribution in [2.75, 3.05) is 12.4 Å². The van der Waals surface area contributed by atoms with Crippen LogP contribution >= 0.6 is 27.7 Å². The van der Waals surface area contributed by atoms with Crippen molar-refractivity contribution < 1.29 is 18.3 Å². The van der Waals surface area contributed by atoms with Gasteiger partial charge in [0.25, 0.3) is 11.7 Å². The summed E-state index contributed by atoms with van der Waals surface area (Å²) in [5.74, 6) is -2.22. The molecular weight excluding hydrogens is 376 g/mol. The lowest BCUT2D eigenvalue weighted by molar-refractivity contribution is 0.102. The smallest absolute Gasteiger partial charge is 0.288 e. The highest BCUT2D eigenvalue weighted by atomic mass is 79.9. The maximum absolute atomic E-state index is 12.2. The monoisotopic (exact) mass is 387 g/mol. The molecule has 0 unspecified atom stereocenters. The Balaban J connectivity index is 2.11.